The number of carbonyl (C=O) groups excluding carboxylic acids is 2. The summed E-state index contributed by atoms with van der Waals surface area (Å²) in [6.07, 6.45) is 0.244. The summed E-state index contributed by atoms with van der Waals surface area (Å²) in [4.78, 5) is 34.1. The number of rotatable bonds is 6. The summed E-state index contributed by atoms with van der Waals surface area (Å²) in [5.41, 5.74) is 0.212. The number of nitrogens with zero attached hydrogens (tertiary/aromatic N) is 1. The molecule has 2 atom stereocenters. The van der Waals surface area contributed by atoms with Crippen LogP contribution < -0.4 is 0 Å². The first-order valence-electron chi connectivity index (χ1n) is 6.16. The van der Waals surface area contributed by atoms with Gasteiger partial charge in [0.25, 0.3) is 5.69 Å². The number of benzene rings is 1. The Hall–Kier alpha value is -2.04. The number of Topliss-reactive ketones (excluding diaryl/α,β-unsaturated/α-hetero) is 2. The third-order valence-electron chi connectivity index (χ3n) is 3.31. The first-order chi connectivity index (χ1) is 8.90. The highest BCUT2D eigenvalue weighted by atomic mass is 16.6. The average molecular weight is 263 g/mol. The van der Waals surface area contributed by atoms with Gasteiger partial charge in [-0.2, -0.15) is 0 Å². The molecule has 0 amide bonds. The van der Waals surface area contributed by atoms with Crippen molar-refractivity contribution in [1.29, 1.82) is 0 Å². The van der Waals surface area contributed by atoms with Crippen molar-refractivity contribution in [3.8, 4) is 0 Å². The zero-order valence-electron chi connectivity index (χ0n) is 11.3. The number of carbonyl (C=O) groups is 2. The highest BCUT2D eigenvalue weighted by Gasteiger charge is 2.33. The van der Waals surface area contributed by atoms with E-state index in [4.69, 9.17) is 0 Å². The van der Waals surface area contributed by atoms with E-state index in [2.05, 4.69) is 0 Å². The second kappa shape index (κ2) is 6.22. The molecule has 0 bridgehead atoms. The number of nitro groups is 1. The lowest BCUT2D eigenvalue weighted by molar-refractivity contribution is -0.385. The van der Waals surface area contributed by atoms with E-state index < -0.39 is 16.8 Å². The Morgan fingerprint density at radius 3 is 2.37 bits per heavy atom. The fraction of sp³-hybridized carbons (Fsp3) is 0.429. The van der Waals surface area contributed by atoms with Crippen molar-refractivity contribution in [2.75, 3.05) is 0 Å². The molecule has 0 radical (unpaired) electrons. The summed E-state index contributed by atoms with van der Waals surface area (Å²) in [6.45, 7) is 4.73. The molecule has 0 aliphatic carbocycles. The van der Waals surface area contributed by atoms with Crippen LogP contribution in [0.2, 0.25) is 0 Å². The summed E-state index contributed by atoms with van der Waals surface area (Å²) in [5, 5.41) is 11.0. The van der Waals surface area contributed by atoms with Crippen LogP contribution in [0, 0.1) is 16.0 Å². The molecule has 0 saturated carbocycles. The molecule has 0 fully saturated rings. The van der Waals surface area contributed by atoms with Crippen molar-refractivity contribution >= 4 is 17.3 Å². The molecule has 0 aromatic heterocycles. The molecule has 2 unspecified atom stereocenters. The zero-order chi connectivity index (χ0) is 14.6. The average Bonchev–Trinajstić information content (AvgIpc) is 2.38. The molecule has 0 aliphatic heterocycles. The van der Waals surface area contributed by atoms with E-state index in [1.807, 2.05) is 0 Å². The maximum absolute atomic E-state index is 12.1. The van der Waals surface area contributed by atoms with Crippen molar-refractivity contribution in [3.05, 3.63) is 39.9 Å². The quantitative estimate of drug-likeness (QED) is 0.584. The van der Waals surface area contributed by atoms with Crippen molar-refractivity contribution in [1.82, 2.24) is 0 Å². The molecule has 5 heteroatoms. The van der Waals surface area contributed by atoms with Crippen LogP contribution in [0.15, 0.2) is 24.3 Å². The van der Waals surface area contributed by atoms with Gasteiger partial charge in [-0.25, -0.2) is 0 Å². The van der Waals surface area contributed by atoms with E-state index in [0.717, 1.165) is 0 Å². The fourth-order valence-electron chi connectivity index (χ4n) is 2.09. The lowest BCUT2D eigenvalue weighted by Gasteiger charge is -2.20. The number of ketones is 2. The van der Waals surface area contributed by atoms with Crippen LogP contribution in [-0.2, 0) is 9.59 Å². The Bertz CT molecular complexity index is 510. The largest absolute Gasteiger partial charge is 0.300 e. The molecule has 0 aliphatic rings. The van der Waals surface area contributed by atoms with Crippen LogP contribution in [0.5, 0.6) is 0 Å². The summed E-state index contributed by atoms with van der Waals surface area (Å²) in [5.74, 6) is -1.61. The second-order valence-electron chi connectivity index (χ2n) is 4.51. The lowest BCUT2D eigenvalue weighted by Crippen LogP contribution is -2.25. The van der Waals surface area contributed by atoms with Gasteiger partial charge < -0.3 is 0 Å². The fourth-order valence-corrected chi connectivity index (χ4v) is 2.09. The van der Waals surface area contributed by atoms with Crippen molar-refractivity contribution in [2.24, 2.45) is 5.92 Å². The van der Waals surface area contributed by atoms with Crippen LogP contribution in [0.3, 0.4) is 0 Å². The Morgan fingerprint density at radius 2 is 1.89 bits per heavy atom. The number of para-hydroxylation sites is 1. The predicted octanol–water partition coefficient (Wildman–Crippen LogP) is 2.88. The van der Waals surface area contributed by atoms with E-state index in [1.165, 1.54) is 13.0 Å². The van der Waals surface area contributed by atoms with E-state index in [-0.39, 0.29) is 23.7 Å². The number of hydrogen-bond donors (Lipinski definition) is 0. The number of hydrogen-bond acceptors (Lipinski definition) is 4. The summed E-state index contributed by atoms with van der Waals surface area (Å²) >= 11 is 0. The molecular formula is C14H17NO4. The Morgan fingerprint density at radius 1 is 1.32 bits per heavy atom. The van der Waals surface area contributed by atoms with Gasteiger partial charge in [-0.15, -0.1) is 0 Å². The topological polar surface area (TPSA) is 77.3 Å². The minimum absolute atomic E-state index is 0.109. The monoisotopic (exact) mass is 263 g/mol. The van der Waals surface area contributed by atoms with Gasteiger partial charge in [-0.05, 0) is 6.92 Å². The summed E-state index contributed by atoms with van der Waals surface area (Å²) in [6, 6.07) is 6.10. The smallest absolute Gasteiger partial charge is 0.273 e. The Labute approximate surface area is 111 Å². The zero-order valence-corrected chi connectivity index (χ0v) is 11.3. The molecule has 5 nitrogen and oxygen atoms in total. The van der Waals surface area contributed by atoms with Gasteiger partial charge in [0, 0.05) is 24.0 Å². The first-order valence-corrected chi connectivity index (χ1v) is 6.16. The molecular weight excluding hydrogens is 246 g/mol. The van der Waals surface area contributed by atoms with Crippen molar-refractivity contribution < 1.29 is 14.5 Å². The molecule has 102 valence electrons. The maximum atomic E-state index is 12.1. The SMILES string of the molecule is CCC(=O)C(c1ccccc1[N+](=O)[O-])C(C)C(C)=O. The van der Waals surface area contributed by atoms with Crippen molar-refractivity contribution in [3.63, 3.8) is 0 Å². The Balaban J connectivity index is 3.37. The van der Waals surface area contributed by atoms with Crippen LogP contribution in [-0.4, -0.2) is 16.5 Å². The molecule has 0 spiro atoms. The van der Waals surface area contributed by atoms with Crippen LogP contribution in [0.1, 0.15) is 38.7 Å². The second-order valence-corrected chi connectivity index (χ2v) is 4.51. The third kappa shape index (κ3) is 3.24. The molecule has 0 heterocycles. The minimum Gasteiger partial charge on any atom is -0.300 e. The van der Waals surface area contributed by atoms with Gasteiger partial charge in [0.05, 0.1) is 10.8 Å². The van der Waals surface area contributed by atoms with E-state index in [1.54, 1.807) is 32.0 Å². The molecule has 1 rings (SSSR count). The summed E-state index contributed by atoms with van der Waals surface area (Å²) in [7, 11) is 0. The number of nitro benzene ring substituents is 1. The van der Waals surface area contributed by atoms with Crippen LogP contribution in [0.4, 0.5) is 5.69 Å². The van der Waals surface area contributed by atoms with Gasteiger partial charge >= 0.3 is 0 Å². The summed E-state index contributed by atoms with van der Waals surface area (Å²) < 4.78 is 0. The van der Waals surface area contributed by atoms with Gasteiger partial charge in [-0.1, -0.05) is 32.0 Å². The third-order valence-corrected chi connectivity index (χ3v) is 3.31. The van der Waals surface area contributed by atoms with Gasteiger partial charge in [0.15, 0.2) is 0 Å². The first kappa shape index (κ1) is 15.0. The van der Waals surface area contributed by atoms with Gasteiger partial charge in [-0.3, -0.25) is 19.7 Å². The molecule has 0 N–H and O–H groups in total. The normalized spacial score (nSPS) is 13.6. The van der Waals surface area contributed by atoms with Crippen LogP contribution >= 0.6 is 0 Å². The standard InChI is InChI=1S/C14H17NO4/c1-4-13(17)14(9(2)10(3)16)11-7-5-6-8-12(11)15(18)19/h5-9,14H,4H2,1-3H3. The molecule has 19 heavy (non-hydrogen) atoms. The van der Waals surface area contributed by atoms with Crippen LogP contribution in [0.25, 0.3) is 0 Å². The molecule has 1 aromatic carbocycles. The van der Waals surface area contributed by atoms with E-state index in [9.17, 15) is 19.7 Å². The molecule has 1 aromatic rings. The maximum Gasteiger partial charge on any atom is 0.273 e. The Kier molecular flexibility index (Phi) is 4.92. The van der Waals surface area contributed by atoms with E-state index >= 15 is 0 Å². The van der Waals surface area contributed by atoms with E-state index in [0.29, 0.717) is 5.56 Å². The predicted molar refractivity (Wildman–Crippen MR) is 71.0 cm³/mol. The highest BCUT2D eigenvalue weighted by molar-refractivity contribution is 5.93. The van der Waals surface area contributed by atoms with Gasteiger partial charge in [0.2, 0.25) is 0 Å². The highest BCUT2D eigenvalue weighted by Crippen LogP contribution is 2.33. The molecule has 0 saturated heterocycles. The van der Waals surface area contributed by atoms with Gasteiger partial charge in [0.1, 0.15) is 11.6 Å². The minimum atomic E-state index is -0.746. The van der Waals surface area contributed by atoms with Crippen molar-refractivity contribution in [2.45, 2.75) is 33.1 Å². The lowest BCUT2D eigenvalue weighted by atomic mass is 9.80.